The quantitative estimate of drug-likeness (QED) is 0.175. The maximum Gasteiger partial charge on any atom is 0.219 e. The second-order valence-electron chi connectivity index (χ2n) is 5.68. The Kier molecular flexibility index (Phi) is 4.18. The molecule has 2 heterocycles. The molecule has 0 fully saturated rings. The summed E-state index contributed by atoms with van der Waals surface area (Å²) in [6, 6.07) is 11.2. The Morgan fingerprint density at radius 2 is 1.64 bits per heavy atom. The van der Waals surface area contributed by atoms with Crippen LogP contribution in [0.1, 0.15) is 0 Å². The largest absolute Gasteiger partial charge is 1.00 e. The molecule has 0 atom stereocenters. The average Bonchev–Trinajstić information content (AvgIpc) is 2.62. The van der Waals surface area contributed by atoms with Crippen LogP contribution in [0.2, 0.25) is 0 Å². The van der Waals surface area contributed by atoms with Crippen molar-refractivity contribution in [1.82, 2.24) is 0 Å². The van der Waals surface area contributed by atoms with E-state index in [-0.39, 0.29) is 18.2 Å². The molecular formula is C19H17ClN2O3. The number of ether oxygens (including phenoxy) is 2. The number of nitrogens with zero attached hydrogens (tertiary/aromatic N) is 1. The summed E-state index contributed by atoms with van der Waals surface area (Å²) in [5.74, 6) is 1.57. The number of hydrogen-bond donors (Lipinski definition) is 2. The molecular weight excluding hydrogens is 340 g/mol. The monoisotopic (exact) mass is 356 g/mol. The molecule has 0 aliphatic rings. The molecule has 2 aromatic carbocycles. The van der Waals surface area contributed by atoms with Crippen molar-refractivity contribution in [1.29, 1.82) is 0 Å². The molecule has 0 unspecified atom stereocenters. The van der Waals surface area contributed by atoms with Gasteiger partial charge < -0.3 is 32.7 Å². The van der Waals surface area contributed by atoms with E-state index in [2.05, 4.69) is 0 Å². The summed E-state index contributed by atoms with van der Waals surface area (Å²) in [4.78, 5) is 0. The van der Waals surface area contributed by atoms with E-state index >= 15 is 0 Å². The number of rotatable bonds is 2. The van der Waals surface area contributed by atoms with E-state index in [1.165, 1.54) is 0 Å². The summed E-state index contributed by atoms with van der Waals surface area (Å²) in [7, 11) is 3.24. The lowest BCUT2D eigenvalue weighted by Gasteiger charge is -2.09. The lowest BCUT2D eigenvalue weighted by Crippen LogP contribution is -3.00. The van der Waals surface area contributed by atoms with Gasteiger partial charge in [0.1, 0.15) is 5.75 Å². The highest BCUT2D eigenvalue weighted by Gasteiger charge is 2.16. The lowest BCUT2D eigenvalue weighted by molar-refractivity contribution is -0.509. The van der Waals surface area contributed by atoms with Gasteiger partial charge in [-0.3, -0.25) is 0 Å². The minimum absolute atomic E-state index is 0. The highest BCUT2D eigenvalue weighted by molar-refractivity contribution is 6.03. The average molecular weight is 357 g/mol. The summed E-state index contributed by atoms with van der Waals surface area (Å²) >= 11 is 0. The van der Waals surface area contributed by atoms with Gasteiger partial charge in [-0.1, -0.05) is 0 Å². The van der Waals surface area contributed by atoms with Gasteiger partial charge in [-0.25, -0.2) is 0 Å². The number of nitrogens with two attached hydrogens (primary N) is 1. The Morgan fingerprint density at radius 3 is 2.36 bits per heavy atom. The van der Waals surface area contributed by atoms with Crippen molar-refractivity contribution in [3.63, 3.8) is 0 Å². The van der Waals surface area contributed by atoms with Crippen LogP contribution < -0.4 is 32.0 Å². The van der Waals surface area contributed by atoms with E-state index in [0.29, 0.717) is 22.6 Å². The minimum Gasteiger partial charge on any atom is -1.00 e. The van der Waals surface area contributed by atoms with Gasteiger partial charge in [0.05, 0.1) is 25.0 Å². The Labute approximate surface area is 150 Å². The third-order valence-electron chi connectivity index (χ3n) is 4.37. The predicted molar refractivity (Wildman–Crippen MR) is 93.8 cm³/mol. The summed E-state index contributed by atoms with van der Waals surface area (Å²) in [6.07, 6.45) is 3.83. The molecule has 5 nitrogen and oxygen atoms in total. The van der Waals surface area contributed by atoms with Gasteiger partial charge in [0, 0.05) is 23.2 Å². The summed E-state index contributed by atoms with van der Waals surface area (Å²) in [6.45, 7) is 0. The van der Waals surface area contributed by atoms with Gasteiger partial charge in [0.15, 0.2) is 23.9 Å². The molecule has 128 valence electrons. The maximum absolute atomic E-state index is 10.1. The van der Waals surface area contributed by atoms with Gasteiger partial charge in [0.25, 0.3) is 0 Å². The lowest BCUT2D eigenvalue weighted by atomic mass is 10.1. The number of phenols is 1. The molecule has 3 N–H and O–H groups in total. The van der Waals surface area contributed by atoms with Gasteiger partial charge in [-0.2, -0.15) is 4.40 Å². The van der Waals surface area contributed by atoms with Crippen LogP contribution in [0.4, 0.5) is 5.69 Å². The Morgan fingerprint density at radius 1 is 0.920 bits per heavy atom. The topological polar surface area (TPSA) is 68.8 Å². The number of fused-ring (bicyclic) bond motifs is 4. The molecule has 2 aromatic heterocycles. The normalized spacial score (nSPS) is 10.8. The van der Waals surface area contributed by atoms with E-state index in [0.717, 1.165) is 21.7 Å². The van der Waals surface area contributed by atoms with Crippen molar-refractivity contribution in [2.24, 2.45) is 0 Å². The second kappa shape index (κ2) is 6.18. The number of anilines is 1. The zero-order valence-electron chi connectivity index (χ0n) is 13.8. The number of halogens is 1. The number of nitrogen functional groups attached to an aromatic ring is 1. The molecule has 6 heteroatoms. The number of aromatic hydroxyl groups is 1. The van der Waals surface area contributed by atoms with Crippen molar-refractivity contribution in [3.05, 3.63) is 48.8 Å². The number of phenolic OH excluding ortho intramolecular Hbond substituents is 1. The fourth-order valence-corrected chi connectivity index (χ4v) is 3.11. The summed E-state index contributed by atoms with van der Waals surface area (Å²) < 4.78 is 12.8. The third kappa shape index (κ3) is 2.53. The van der Waals surface area contributed by atoms with E-state index in [1.54, 1.807) is 26.4 Å². The third-order valence-corrected chi connectivity index (χ3v) is 4.37. The van der Waals surface area contributed by atoms with Crippen LogP contribution in [0, 0.1) is 0 Å². The fraction of sp³-hybridized carbons (Fsp3) is 0.105. The molecule has 0 saturated carbocycles. The number of methoxy groups -OCH3 is 2. The molecule has 25 heavy (non-hydrogen) atoms. The zero-order valence-corrected chi connectivity index (χ0v) is 14.5. The first-order valence-corrected chi connectivity index (χ1v) is 7.53. The maximum atomic E-state index is 10.1. The molecule has 4 aromatic rings. The first-order valence-electron chi connectivity index (χ1n) is 7.53. The van der Waals surface area contributed by atoms with Crippen LogP contribution in [0.5, 0.6) is 17.2 Å². The van der Waals surface area contributed by atoms with Crippen LogP contribution >= 0.6 is 0 Å². The van der Waals surface area contributed by atoms with Crippen molar-refractivity contribution < 1.29 is 31.4 Å². The van der Waals surface area contributed by atoms with Crippen LogP contribution in [-0.2, 0) is 0 Å². The zero-order chi connectivity index (χ0) is 16.8. The number of pyridine rings is 2. The highest BCUT2D eigenvalue weighted by atomic mass is 35.5. The molecule has 0 aliphatic heterocycles. The smallest absolute Gasteiger partial charge is 0.219 e. The van der Waals surface area contributed by atoms with Gasteiger partial charge in [-0.05, 0) is 29.7 Å². The second-order valence-corrected chi connectivity index (χ2v) is 5.68. The highest BCUT2D eigenvalue weighted by Crippen LogP contribution is 2.35. The predicted octanol–water partition coefficient (Wildman–Crippen LogP) is 0.0407. The van der Waals surface area contributed by atoms with Crippen molar-refractivity contribution >= 4 is 32.7 Å². The van der Waals surface area contributed by atoms with Crippen LogP contribution in [0.3, 0.4) is 0 Å². The fourth-order valence-electron chi connectivity index (χ4n) is 3.11. The van der Waals surface area contributed by atoms with Gasteiger partial charge in [-0.15, -0.1) is 0 Å². The Bertz CT molecular complexity index is 1110. The number of aromatic nitrogens is 1. The van der Waals surface area contributed by atoms with Gasteiger partial charge >= 0.3 is 0 Å². The Balaban J connectivity index is 0.00000182. The standard InChI is InChI=1S/C19H16N2O3.ClH/c1-23-18-7-11-5-6-21-10-14-13(15(20)3-4-17(14)22)8-16(21)12(11)9-19(18)24-2;/h3-10H,20H2,1-2H3;1H. The molecule has 0 radical (unpaired) electrons. The molecule has 0 saturated heterocycles. The van der Waals surface area contributed by atoms with Crippen molar-refractivity contribution in [2.45, 2.75) is 0 Å². The molecule has 0 spiro atoms. The molecule has 0 bridgehead atoms. The van der Waals surface area contributed by atoms with Crippen LogP contribution in [0.25, 0.3) is 27.1 Å². The molecule has 0 aliphatic carbocycles. The Hall–Kier alpha value is -2.92. The summed E-state index contributed by atoms with van der Waals surface area (Å²) in [5, 5.41) is 13.7. The first kappa shape index (κ1) is 16.9. The van der Waals surface area contributed by atoms with E-state index in [4.69, 9.17) is 15.2 Å². The van der Waals surface area contributed by atoms with E-state index < -0.39 is 0 Å². The van der Waals surface area contributed by atoms with Crippen molar-refractivity contribution in [3.8, 4) is 17.2 Å². The van der Waals surface area contributed by atoms with Crippen LogP contribution in [-0.4, -0.2) is 19.3 Å². The van der Waals surface area contributed by atoms with Crippen LogP contribution in [0.15, 0.2) is 48.8 Å². The van der Waals surface area contributed by atoms with E-state index in [1.807, 2.05) is 41.1 Å². The number of hydrogen-bond acceptors (Lipinski definition) is 4. The number of benzene rings is 2. The SMILES string of the molecule is COc1cc2cc[n+]3cc4c(O)ccc(N)c4cc3c2cc1OC.[Cl-]. The first-order chi connectivity index (χ1) is 11.6. The minimum atomic E-state index is 0. The van der Waals surface area contributed by atoms with Crippen molar-refractivity contribution in [2.75, 3.05) is 20.0 Å². The molecule has 4 rings (SSSR count). The molecule has 0 amide bonds. The van der Waals surface area contributed by atoms with E-state index in [9.17, 15) is 5.11 Å². The summed E-state index contributed by atoms with van der Waals surface area (Å²) in [5.41, 5.74) is 7.70. The van der Waals surface area contributed by atoms with Gasteiger partial charge in [0.2, 0.25) is 5.52 Å².